The van der Waals surface area contributed by atoms with Gasteiger partial charge in [-0.3, -0.25) is 0 Å². The molecule has 3 rings (SSSR count). The van der Waals surface area contributed by atoms with Gasteiger partial charge in [0.1, 0.15) is 0 Å². The molecule has 0 bridgehead atoms. The van der Waals surface area contributed by atoms with Crippen molar-refractivity contribution in [3.8, 4) is 0 Å². The molecule has 1 saturated carbocycles. The van der Waals surface area contributed by atoms with E-state index in [1.54, 1.807) is 0 Å². The summed E-state index contributed by atoms with van der Waals surface area (Å²) < 4.78 is 17.6. The van der Waals surface area contributed by atoms with Crippen molar-refractivity contribution < 1.29 is 14.2 Å². The molecule has 2 heterocycles. The van der Waals surface area contributed by atoms with Gasteiger partial charge < -0.3 is 14.2 Å². The fraction of sp³-hybridized carbons (Fsp3) is 1.00. The van der Waals surface area contributed by atoms with Crippen LogP contribution in [0.3, 0.4) is 0 Å². The predicted octanol–water partition coefficient (Wildman–Crippen LogP) is 2.88. The van der Waals surface area contributed by atoms with E-state index >= 15 is 0 Å². The van der Waals surface area contributed by atoms with Crippen LogP contribution in [-0.2, 0) is 14.2 Å². The highest BCUT2D eigenvalue weighted by molar-refractivity contribution is 4.95. The molecule has 0 aromatic heterocycles. The lowest BCUT2D eigenvalue weighted by Gasteiger charge is -2.48. The predicted molar refractivity (Wildman–Crippen MR) is 64.8 cm³/mol. The lowest BCUT2D eigenvalue weighted by Crippen LogP contribution is -2.47. The molecular weight excluding hydrogens is 216 g/mol. The van der Waals surface area contributed by atoms with Crippen molar-refractivity contribution in [3.05, 3.63) is 0 Å². The Morgan fingerprint density at radius 3 is 1.82 bits per heavy atom. The zero-order valence-corrected chi connectivity index (χ0v) is 11.1. The lowest BCUT2D eigenvalue weighted by atomic mass is 9.67. The fourth-order valence-corrected chi connectivity index (χ4v) is 3.40. The average molecular weight is 240 g/mol. The molecule has 0 radical (unpaired) electrons. The number of hydrogen-bond donors (Lipinski definition) is 0. The molecule has 1 aliphatic carbocycles. The van der Waals surface area contributed by atoms with Gasteiger partial charge in [-0.05, 0) is 44.9 Å². The molecule has 2 saturated heterocycles. The maximum absolute atomic E-state index is 6.03. The molecule has 0 aromatic carbocycles. The third-order valence-electron chi connectivity index (χ3n) is 4.91. The Labute approximate surface area is 104 Å². The first kappa shape index (κ1) is 11.9. The van der Waals surface area contributed by atoms with Gasteiger partial charge in [0, 0.05) is 12.8 Å². The summed E-state index contributed by atoms with van der Waals surface area (Å²) >= 11 is 0. The van der Waals surface area contributed by atoms with Crippen molar-refractivity contribution >= 4 is 0 Å². The van der Waals surface area contributed by atoms with Gasteiger partial charge in [0.25, 0.3) is 0 Å². The summed E-state index contributed by atoms with van der Waals surface area (Å²) in [4.78, 5) is 0. The van der Waals surface area contributed by atoms with Gasteiger partial charge in [-0.15, -0.1) is 0 Å². The monoisotopic (exact) mass is 240 g/mol. The third kappa shape index (κ3) is 2.25. The van der Waals surface area contributed by atoms with Gasteiger partial charge in [-0.2, -0.15) is 0 Å². The third-order valence-corrected chi connectivity index (χ3v) is 4.91. The van der Waals surface area contributed by atoms with Crippen LogP contribution in [0.1, 0.15) is 52.4 Å². The maximum Gasteiger partial charge on any atom is 0.168 e. The van der Waals surface area contributed by atoms with Crippen molar-refractivity contribution in [2.75, 3.05) is 19.8 Å². The summed E-state index contributed by atoms with van der Waals surface area (Å²) in [5, 5.41) is 0. The highest BCUT2D eigenvalue weighted by atomic mass is 16.7. The highest BCUT2D eigenvalue weighted by Crippen LogP contribution is 2.50. The molecule has 3 heteroatoms. The first-order valence-corrected chi connectivity index (χ1v) is 6.95. The zero-order valence-electron chi connectivity index (χ0n) is 11.1. The first-order valence-electron chi connectivity index (χ1n) is 6.95. The van der Waals surface area contributed by atoms with Crippen molar-refractivity contribution in [1.82, 2.24) is 0 Å². The van der Waals surface area contributed by atoms with Crippen LogP contribution < -0.4 is 0 Å². The highest BCUT2D eigenvalue weighted by Gasteiger charge is 2.48. The Morgan fingerprint density at radius 2 is 1.29 bits per heavy atom. The summed E-state index contributed by atoms with van der Waals surface area (Å²) in [6.45, 7) is 6.88. The second-order valence-corrected chi connectivity index (χ2v) is 6.66. The molecule has 0 amide bonds. The van der Waals surface area contributed by atoms with Gasteiger partial charge in [-0.25, -0.2) is 0 Å². The van der Waals surface area contributed by atoms with E-state index in [0.29, 0.717) is 5.41 Å². The molecule has 17 heavy (non-hydrogen) atoms. The number of hydrogen-bond acceptors (Lipinski definition) is 3. The molecule has 0 aromatic rings. The van der Waals surface area contributed by atoms with Crippen LogP contribution in [-0.4, -0.2) is 31.2 Å². The maximum atomic E-state index is 6.03. The smallest absolute Gasteiger partial charge is 0.168 e. The Bertz CT molecular complexity index is 270. The molecule has 98 valence electrons. The van der Waals surface area contributed by atoms with Crippen LogP contribution in [0.4, 0.5) is 0 Å². The van der Waals surface area contributed by atoms with E-state index in [0.717, 1.165) is 32.7 Å². The van der Waals surface area contributed by atoms with Gasteiger partial charge in [0.2, 0.25) is 0 Å². The topological polar surface area (TPSA) is 27.7 Å². The summed E-state index contributed by atoms with van der Waals surface area (Å²) in [7, 11) is 0. The molecule has 3 aliphatic rings. The van der Waals surface area contributed by atoms with Crippen molar-refractivity contribution in [1.29, 1.82) is 0 Å². The van der Waals surface area contributed by atoms with Crippen LogP contribution in [0.15, 0.2) is 0 Å². The second kappa shape index (κ2) is 3.94. The molecule has 0 unspecified atom stereocenters. The Balaban J connectivity index is 1.61. The number of ether oxygens (including phenoxy) is 3. The van der Waals surface area contributed by atoms with E-state index in [9.17, 15) is 0 Å². The molecule has 0 atom stereocenters. The van der Waals surface area contributed by atoms with E-state index in [-0.39, 0.29) is 11.4 Å². The van der Waals surface area contributed by atoms with E-state index in [4.69, 9.17) is 14.2 Å². The van der Waals surface area contributed by atoms with E-state index in [2.05, 4.69) is 13.8 Å². The van der Waals surface area contributed by atoms with Crippen LogP contribution in [0.2, 0.25) is 0 Å². The Kier molecular flexibility index (Phi) is 2.77. The van der Waals surface area contributed by atoms with Crippen molar-refractivity contribution in [2.24, 2.45) is 5.41 Å². The Morgan fingerprint density at radius 1 is 0.706 bits per heavy atom. The van der Waals surface area contributed by atoms with Crippen LogP contribution >= 0.6 is 0 Å². The molecule has 2 aliphatic heterocycles. The van der Waals surface area contributed by atoms with Crippen molar-refractivity contribution in [3.63, 3.8) is 0 Å². The molecule has 3 nitrogen and oxygen atoms in total. The summed E-state index contributed by atoms with van der Waals surface area (Å²) in [5.41, 5.74) is 0.497. The first-order chi connectivity index (χ1) is 8.04. The second-order valence-electron chi connectivity index (χ2n) is 6.66. The van der Waals surface area contributed by atoms with E-state index in [1.807, 2.05) is 0 Å². The van der Waals surface area contributed by atoms with Gasteiger partial charge >= 0.3 is 0 Å². The summed E-state index contributed by atoms with van der Waals surface area (Å²) in [6.07, 6.45) is 6.98. The SMILES string of the molecule is CC1(C)CCC2(CCC3(CC2)OCCO3)CO1. The normalized spacial score (nSPS) is 39.9. The van der Waals surface area contributed by atoms with Crippen LogP contribution in [0, 0.1) is 5.41 Å². The summed E-state index contributed by atoms with van der Waals surface area (Å²) in [6, 6.07) is 0. The summed E-state index contributed by atoms with van der Waals surface area (Å²) in [5.74, 6) is -0.224. The van der Waals surface area contributed by atoms with E-state index < -0.39 is 0 Å². The van der Waals surface area contributed by atoms with Gasteiger partial charge in [-0.1, -0.05) is 0 Å². The minimum Gasteiger partial charge on any atom is -0.375 e. The molecule has 0 N–H and O–H groups in total. The zero-order chi connectivity index (χ0) is 12.0. The molecule has 3 fully saturated rings. The standard InChI is InChI=1S/C14H24O3/c1-12(2)3-4-13(11-17-12)5-7-14(8-6-13)15-9-10-16-14/h3-11H2,1-2H3. The van der Waals surface area contributed by atoms with Gasteiger partial charge in [0.05, 0.1) is 25.4 Å². The van der Waals surface area contributed by atoms with Crippen LogP contribution in [0.5, 0.6) is 0 Å². The minimum atomic E-state index is -0.224. The largest absolute Gasteiger partial charge is 0.375 e. The molecular formula is C14H24O3. The minimum absolute atomic E-state index is 0.0841. The fourth-order valence-electron chi connectivity index (χ4n) is 3.40. The molecule has 2 spiro atoms. The van der Waals surface area contributed by atoms with Crippen molar-refractivity contribution in [2.45, 2.75) is 63.8 Å². The van der Waals surface area contributed by atoms with Gasteiger partial charge in [0.15, 0.2) is 5.79 Å². The Hall–Kier alpha value is -0.120. The van der Waals surface area contributed by atoms with E-state index in [1.165, 1.54) is 25.7 Å². The quantitative estimate of drug-likeness (QED) is 0.651. The van der Waals surface area contributed by atoms with Crippen LogP contribution in [0.25, 0.3) is 0 Å². The average Bonchev–Trinajstić information content (AvgIpc) is 2.76. The number of rotatable bonds is 0. The lowest BCUT2D eigenvalue weighted by molar-refractivity contribution is -0.210.